The third kappa shape index (κ3) is 2.42. The number of anilines is 1. The Hall–Kier alpha value is -2.01. The fraction of sp³-hybridized carbons (Fsp3) is 0.231. The van der Waals surface area contributed by atoms with Crippen LogP contribution in [0.5, 0.6) is 11.6 Å². The van der Waals surface area contributed by atoms with Crippen LogP contribution in [0.2, 0.25) is 5.02 Å². The predicted octanol–water partition coefficient (Wildman–Crippen LogP) is 2.61. The third-order valence-electron chi connectivity index (χ3n) is 2.96. The molecule has 1 saturated carbocycles. The van der Waals surface area contributed by atoms with Gasteiger partial charge in [-0.3, -0.25) is 4.79 Å². The minimum Gasteiger partial charge on any atom is -0.432 e. The third-order valence-corrected chi connectivity index (χ3v) is 3.19. The molecule has 1 aliphatic rings. The van der Waals surface area contributed by atoms with E-state index in [1.54, 1.807) is 35.2 Å². The number of benzene rings is 1. The van der Waals surface area contributed by atoms with Gasteiger partial charge in [0, 0.05) is 23.5 Å². The van der Waals surface area contributed by atoms with Crippen molar-refractivity contribution in [1.29, 1.82) is 0 Å². The SMILES string of the molecule is Nc1cc(Cl)ccc1Oc1nccn(C2CC2)c1=O. The van der Waals surface area contributed by atoms with Crippen molar-refractivity contribution in [2.45, 2.75) is 18.9 Å². The van der Waals surface area contributed by atoms with Crippen LogP contribution in [0.1, 0.15) is 18.9 Å². The largest absolute Gasteiger partial charge is 0.432 e. The van der Waals surface area contributed by atoms with E-state index in [1.807, 2.05) is 0 Å². The maximum absolute atomic E-state index is 12.1. The number of hydrogen-bond acceptors (Lipinski definition) is 4. The molecule has 0 aliphatic heterocycles. The van der Waals surface area contributed by atoms with E-state index in [4.69, 9.17) is 22.1 Å². The molecule has 1 aliphatic carbocycles. The zero-order valence-corrected chi connectivity index (χ0v) is 10.8. The smallest absolute Gasteiger partial charge is 0.313 e. The summed E-state index contributed by atoms with van der Waals surface area (Å²) in [7, 11) is 0. The number of rotatable bonds is 3. The summed E-state index contributed by atoms with van der Waals surface area (Å²) in [5.41, 5.74) is 5.92. The van der Waals surface area contributed by atoms with E-state index < -0.39 is 0 Å². The van der Waals surface area contributed by atoms with Crippen LogP contribution in [0.25, 0.3) is 0 Å². The number of nitrogen functional groups attached to an aromatic ring is 1. The number of halogens is 1. The minimum atomic E-state index is -0.237. The first kappa shape index (κ1) is 12.0. The zero-order valence-electron chi connectivity index (χ0n) is 10.0. The van der Waals surface area contributed by atoms with Gasteiger partial charge in [-0.2, -0.15) is 0 Å². The van der Waals surface area contributed by atoms with Crippen molar-refractivity contribution in [2.24, 2.45) is 0 Å². The molecule has 19 heavy (non-hydrogen) atoms. The second-order valence-electron chi connectivity index (χ2n) is 4.46. The van der Waals surface area contributed by atoms with Crippen molar-refractivity contribution in [2.75, 3.05) is 5.73 Å². The molecule has 0 saturated heterocycles. The van der Waals surface area contributed by atoms with Gasteiger partial charge in [-0.05, 0) is 31.0 Å². The Morgan fingerprint density at radius 1 is 1.42 bits per heavy atom. The summed E-state index contributed by atoms with van der Waals surface area (Å²) >= 11 is 5.81. The number of nitrogens with zero attached hydrogens (tertiary/aromatic N) is 2. The maximum Gasteiger partial charge on any atom is 0.313 e. The number of aromatic nitrogens is 2. The Morgan fingerprint density at radius 2 is 2.21 bits per heavy atom. The lowest BCUT2D eigenvalue weighted by atomic mass is 10.3. The van der Waals surface area contributed by atoms with E-state index in [1.165, 1.54) is 0 Å². The lowest BCUT2D eigenvalue weighted by molar-refractivity contribution is 0.446. The second kappa shape index (κ2) is 4.59. The first-order valence-electron chi connectivity index (χ1n) is 5.95. The summed E-state index contributed by atoms with van der Waals surface area (Å²) < 4.78 is 7.13. The summed E-state index contributed by atoms with van der Waals surface area (Å²) in [6.45, 7) is 0. The molecular formula is C13H12ClN3O2. The van der Waals surface area contributed by atoms with Crippen LogP contribution < -0.4 is 16.0 Å². The molecule has 0 bridgehead atoms. The molecule has 3 rings (SSSR count). The fourth-order valence-electron chi connectivity index (χ4n) is 1.83. The van der Waals surface area contributed by atoms with E-state index in [9.17, 15) is 4.79 Å². The van der Waals surface area contributed by atoms with Gasteiger partial charge in [0.2, 0.25) is 0 Å². The van der Waals surface area contributed by atoms with Crippen molar-refractivity contribution >= 4 is 17.3 Å². The Bertz CT molecular complexity index is 680. The maximum atomic E-state index is 12.1. The van der Waals surface area contributed by atoms with Gasteiger partial charge >= 0.3 is 5.56 Å². The van der Waals surface area contributed by atoms with Crippen molar-refractivity contribution in [3.8, 4) is 11.6 Å². The van der Waals surface area contributed by atoms with Crippen LogP contribution in [0.3, 0.4) is 0 Å². The summed E-state index contributed by atoms with van der Waals surface area (Å²) in [4.78, 5) is 16.1. The van der Waals surface area contributed by atoms with E-state index >= 15 is 0 Å². The standard InChI is InChI=1S/C13H12ClN3O2/c14-8-1-4-11(10(15)7-8)19-12-13(18)17(6-5-16-12)9-2-3-9/h1,4-7,9H,2-3,15H2. The van der Waals surface area contributed by atoms with Gasteiger partial charge in [0.1, 0.15) is 0 Å². The van der Waals surface area contributed by atoms with E-state index in [0.717, 1.165) is 12.8 Å². The topological polar surface area (TPSA) is 70.1 Å². The highest BCUT2D eigenvalue weighted by Gasteiger charge is 2.25. The van der Waals surface area contributed by atoms with Crippen LogP contribution in [0.4, 0.5) is 5.69 Å². The molecular weight excluding hydrogens is 266 g/mol. The molecule has 0 amide bonds. The quantitative estimate of drug-likeness (QED) is 0.876. The normalized spacial score (nSPS) is 14.4. The van der Waals surface area contributed by atoms with Crippen molar-refractivity contribution in [3.05, 3.63) is 46.0 Å². The van der Waals surface area contributed by atoms with E-state index in [0.29, 0.717) is 16.5 Å². The molecule has 1 aromatic heterocycles. The van der Waals surface area contributed by atoms with Gasteiger partial charge in [-0.25, -0.2) is 4.98 Å². The number of nitrogens with two attached hydrogens (primary N) is 1. The molecule has 6 heteroatoms. The van der Waals surface area contributed by atoms with Crippen LogP contribution in [0, 0.1) is 0 Å². The summed E-state index contributed by atoms with van der Waals surface area (Å²) in [5, 5.41) is 0.515. The van der Waals surface area contributed by atoms with Crippen LogP contribution >= 0.6 is 11.6 Å². The molecule has 1 aromatic carbocycles. The lowest BCUT2D eigenvalue weighted by Crippen LogP contribution is -2.20. The fourth-order valence-corrected chi connectivity index (χ4v) is 2.01. The van der Waals surface area contributed by atoms with Gasteiger partial charge < -0.3 is 15.0 Å². The highest BCUT2D eigenvalue weighted by molar-refractivity contribution is 6.30. The molecule has 5 nitrogen and oxygen atoms in total. The summed E-state index contributed by atoms with van der Waals surface area (Å²) in [5.74, 6) is 0.408. The van der Waals surface area contributed by atoms with Crippen LogP contribution in [0.15, 0.2) is 35.4 Å². The Morgan fingerprint density at radius 3 is 2.89 bits per heavy atom. The Labute approximate surface area is 114 Å². The van der Waals surface area contributed by atoms with Crippen LogP contribution in [-0.2, 0) is 0 Å². The average Bonchev–Trinajstić information content (AvgIpc) is 3.19. The Kier molecular flexibility index (Phi) is 2.91. The van der Waals surface area contributed by atoms with Gasteiger partial charge in [-0.15, -0.1) is 0 Å². The van der Waals surface area contributed by atoms with E-state index in [-0.39, 0.29) is 17.5 Å². The first-order chi connectivity index (χ1) is 9.15. The molecule has 98 valence electrons. The molecule has 1 fully saturated rings. The molecule has 0 unspecified atom stereocenters. The van der Waals surface area contributed by atoms with Gasteiger partial charge in [0.05, 0.1) is 5.69 Å². The van der Waals surface area contributed by atoms with Crippen molar-refractivity contribution < 1.29 is 4.74 Å². The second-order valence-corrected chi connectivity index (χ2v) is 4.90. The van der Waals surface area contributed by atoms with Crippen molar-refractivity contribution in [1.82, 2.24) is 9.55 Å². The van der Waals surface area contributed by atoms with Gasteiger partial charge in [-0.1, -0.05) is 11.6 Å². The van der Waals surface area contributed by atoms with Crippen LogP contribution in [-0.4, -0.2) is 9.55 Å². The number of ether oxygens (including phenoxy) is 1. The first-order valence-corrected chi connectivity index (χ1v) is 6.33. The highest BCUT2D eigenvalue weighted by Crippen LogP contribution is 2.34. The molecule has 2 aromatic rings. The lowest BCUT2D eigenvalue weighted by Gasteiger charge is -2.09. The molecule has 1 heterocycles. The predicted molar refractivity (Wildman–Crippen MR) is 72.7 cm³/mol. The molecule has 0 spiro atoms. The van der Waals surface area contributed by atoms with Gasteiger partial charge in [0.15, 0.2) is 5.75 Å². The highest BCUT2D eigenvalue weighted by atomic mass is 35.5. The van der Waals surface area contributed by atoms with Gasteiger partial charge in [0.25, 0.3) is 5.88 Å². The average molecular weight is 278 g/mol. The monoisotopic (exact) mass is 277 g/mol. The zero-order chi connectivity index (χ0) is 13.4. The number of hydrogen-bond donors (Lipinski definition) is 1. The molecule has 0 atom stereocenters. The Balaban J connectivity index is 1.95. The van der Waals surface area contributed by atoms with Crippen molar-refractivity contribution in [3.63, 3.8) is 0 Å². The van der Waals surface area contributed by atoms with E-state index in [2.05, 4.69) is 4.98 Å². The minimum absolute atomic E-state index is 0.0309. The summed E-state index contributed by atoms with van der Waals surface area (Å²) in [6.07, 6.45) is 5.28. The molecule has 2 N–H and O–H groups in total. The molecule has 0 radical (unpaired) electrons. The summed E-state index contributed by atoms with van der Waals surface area (Å²) in [6, 6.07) is 5.11.